The summed E-state index contributed by atoms with van der Waals surface area (Å²) in [6.45, 7) is 3.36. The van der Waals surface area contributed by atoms with Crippen molar-refractivity contribution in [3.05, 3.63) is 290 Å². The summed E-state index contributed by atoms with van der Waals surface area (Å²) in [6, 6.07) is 98.7. The monoisotopic (exact) mass is 1300 g/mol. The number of anilines is 9. The molecule has 0 amide bonds. The maximum absolute atomic E-state index is 7.52. The SMILES string of the molecule is Cc1ccc(N(c2ccc(C)cc2)c2cc3c4c(c2)Oc2c(sc5ccccc25)B4c2cc4c(cc2O3)Oc2cc(N(c3ccccc3)c3ccccc3)cc3c2B4c2cc4c(cc2O3)Oc2cc(N(c3ccccc3)c3ccccc3)cc3c2B4c2sc4ccccc4c2O3)cc1. The number of fused-ring (bicyclic) bond motifs is 16. The summed E-state index contributed by atoms with van der Waals surface area (Å²) in [7, 11) is 0. The van der Waals surface area contributed by atoms with E-state index in [2.05, 4.69) is 308 Å². The third kappa shape index (κ3) is 8.47. The lowest BCUT2D eigenvalue weighted by Gasteiger charge is -2.38. The molecule has 14 heteroatoms. The minimum atomic E-state index is -0.378. The average Bonchev–Trinajstić information content (AvgIpc) is 1.14. The van der Waals surface area contributed by atoms with E-state index in [-0.39, 0.29) is 20.1 Å². The quantitative estimate of drug-likeness (QED) is 0.132. The van der Waals surface area contributed by atoms with Crippen molar-refractivity contribution in [1.82, 2.24) is 0 Å². The van der Waals surface area contributed by atoms with Gasteiger partial charge in [-0.25, -0.2) is 0 Å². The van der Waals surface area contributed by atoms with E-state index in [9.17, 15) is 0 Å². The lowest BCUT2D eigenvalue weighted by atomic mass is 9.31. The highest BCUT2D eigenvalue weighted by molar-refractivity contribution is 7.33. The van der Waals surface area contributed by atoms with Gasteiger partial charge in [-0.3, -0.25) is 0 Å². The first-order valence-electron chi connectivity index (χ1n) is 33.1. The summed E-state index contributed by atoms with van der Waals surface area (Å²) in [5.74, 6) is 8.89. The molecular weight excluding hydrogens is 1240 g/mol. The molecule has 0 atom stereocenters. The van der Waals surface area contributed by atoms with Crippen LogP contribution in [0, 0.1) is 13.8 Å². The van der Waals surface area contributed by atoms with E-state index in [0.717, 1.165) is 154 Å². The molecule has 6 aliphatic heterocycles. The topological polar surface area (TPSA) is 65.1 Å². The molecule has 98 heavy (non-hydrogen) atoms. The van der Waals surface area contributed by atoms with Crippen molar-refractivity contribution in [3.63, 3.8) is 0 Å². The van der Waals surface area contributed by atoms with Crippen molar-refractivity contribution in [2.45, 2.75) is 13.8 Å². The smallest absolute Gasteiger partial charge is 0.273 e. The van der Waals surface area contributed by atoms with Crippen LogP contribution in [-0.2, 0) is 0 Å². The van der Waals surface area contributed by atoms with E-state index in [1.807, 2.05) is 0 Å². The first-order valence-corrected chi connectivity index (χ1v) is 34.7. The largest absolute Gasteiger partial charge is 0.458 e. The fourth-order valence-electron chi connectivity index (χ4n) is 15.7. The number of nitrogens with zero attached hydrogens (tertiary/aromatic N) is 3. The summed E-state index contributed by atoms with van der Waals surface area (Å²) in [5, 5.41) is 2.15. The van der Waals surface area contributed by atoms with Gasteiger partial charge in [0, 0.05) is 129 Å². The zero-order valence-electron chi connectivity index (χ0n) is 52.9. The number of benzene rings is 13. The van der Waals surface area contributed by atoms with Crippen LogP contribution < -0.4 is 90.9 Å². The van der Waals surface area contributed by atoms with Gasteiger partial charge in [0.1, 0.15) is 69.0 Å². The summed E-state index contributed by atoms with van der Waals surface area (Å²) in [4.78, 5) is 6.82. The second-order valence-corrected chi connectivity index (χ2v) is 28.1. The fourth-order valence-corrected chi connectivity index (χ4v) is 18.2. The van der Waals surface area contributed by atoms with E-state index >= 15 is 0 Å². The third-order valence-electron chi connectivity index (χ3n) is 20.1. The predicted molar refractivity (Wildman–Crippen MR) is 404 cm³/mol. The maximum Gasteiger partial charge on any atom is 0.273 e. The standard InChI is InChI=1S/C84H52B3N3O6S2/c1-49-31-35-55(36-32-49)90(56-37-33-50(2)34-38-56)59-42-73-80-75(44-59)96-82-61-28-16-18-30-77(61)98-84(82)87(80)65-46-63-67(48-69(65)94-73)92-71-40-57(88(51-19-7-3-8-20-51)52-21-9-4-10-22-52)39-70-78(71)85(63)62-45-64-68(47-66(62)91-70)93-72-41-58(89(53-23-11-5-12-24-53)54-25-13-6-14-26-54)43-74-79(72)86(64)83-81(95-74)60-27-15-17-29-76(60)97-83/h3-48H,1-2H3. The van der Waals surface area contributed by atoms with Gasteiger partial charge in [0.05, 0.1) is 17.1 Å². The molecule has 0 unspecified atom stereocenters. The van der Waals surface area contributed by atoms with Gasteiger partial charge in [-0.05, 0) is 133 Å². The fraction of sp³-hybridized carbons (Fsp3) is 0.0238. The highest BCUT2D eigenvalue weighted by Crippen LogP contribution is 2.51. The van der Waals surface area contributed by atoms with Crippen LogP contribution in [-0.4, -0.2) is 20.1 Å². The van der Waals surface area contributed by atoms with Gasteiger partial charge in [0.25, 0.3) is 20.1 Å². The van der Waals surface area contributed by atoms with Crippen molar-refractivity contribution in [2.24, 2.45) is 0 Å². The Morgan fingerprint density at radius 1 is 0.245 bits per heavy atom. The number of hydrogen-bond donors (Lipinski definition) is 0. The summed E-state index contributed by atoms with van der Waals surface area (Å²) >= 11 is 3.57. The number of thiophene rings is 2. The van der Waals surface area contributed by atoms with Crippen molar-refractivity contribution >= 4 is 162 Å². The van der Waals surface area contributed by atoms with Crippen LogP contribution in [0.3, 0.4) is 0 Å². The first-order chi connectivity index (χ1) is 48.3. The lowest BCUT2D eigenvalue weighted by Crippen LogP contribution is -2.62. The highest BCUT2D eigenvalue weighted by Gasteiger charge is 2.50. The Kier molecular flexibility index (Phi) is 12.1. The van der Waals surface area contributed by atoms with Crippen LogP contribution in [0.1, 0.15) is 11.1 Å². The third-order valence-corrected chi connectivity index (χ3v) is 22.5. The summed E-state index contributed by atoms with van der Waals surface area (Å²) in [6.07, 6.45) is 0. The van der Waals surface area contributed by atoms with Gasteiger partial charge >= 0.3 is 0 Å². The molecule has 0 radical (unpaired) electrons. The molecular formula is C84H52B3N3O6S2. The van der Waals surface area contributed by atoms with Gasteiger partial charge in [0.2, 0.25) is 0 Å². The van der Waals surface area contributed by atoms with E-state index in [0.29, 0.717) is 34.5 Å². The second kappa shape index (κ2) is 21.3. The van der Waals surface area contributed by atoms with Crippen LogP contribution in [0.2, 0.25) is 0 Å². The molecule has 2 aromatic heterocycles. The molecule has 0 saturated heterocycles. The first kappa shape index (κ1) is 55.5. The van der Waals surface area contributed by atoms with E-state index in [1.54, 1.807) is 22.7 Å². The minimum Gasteiger partial charge on any atom is -0.458 e. The molecule has 0 fully saturated rings. The van der Waals surface area contributed by atoms with Crippen molar-refractivity contribution < 1.29 is 28.4 Å². The Morgan fingerprint density at radius 2 is 0.520 bits per heavy atom. The Labute approximate surface area is 574 Å². The van der Waals surface area contributed by atoms with Crippen molar-refractivity contribution in [2.75, 3.05) is 14.7 Å². The highest BCUT2D eigenvalue weighted by atomic mass is 32.1. The van der Waals surface area contributed by atoms with E-state index in [4.69, 9.17) is 28.4 Å². The van der Waals surface area contributed by atoms with Crippen LogP contribution >= 0.6 is 22.7 Å². The zero-order chi connectivity index (χ0) is 64.4. The molecule has 460 valence electrons. The summed E-state index contributed by atoms with van der Waals surface area (Å²) in [5.41, 5.74) is 18.1. The Hall–Kier alpha value is -11.8. The zero-order valence-corrected chi connectivity index (χ0v) is 54.5. The van der Waals surface area contributed by atoms with Gasteiger partial charge in [-0.1, -0.05) is 145 Å². The van der Waals surface area contributed by atoms with E-state index < -0.39 is 0 Å². The molecule has 8 heterocycles. The van der Waals surface area contributed by atoms with Gasteiger partial charge in [0.15, 0.2) is 0 Å². The Bertz CT molecular complexity index is 5710. The van der Waals surface area contributed by atoms with Gasteiger partial charge in [-0.2, -0.15) is 0 Å². The molecule has 0 N–H and O–H groups in total. The van der Waals surface area contributed by atoms with Crippen LogP contribution in [0.15, 0.2) is 279 Å². The molecule has 15 aromatic rings. The van der Waals surface area contributed by atoms with Crippen LogP contribution in [0.4, 0.5) is 51.2 Å². The molecule has 0 spiro atoms. The molecule has 13 aromatic carbocycles. The maximum atomic E-state index is 7.52. The number of aryl methyl sites for hydroxylation is 2. The minimum absolute atomic E-state index is 0.252. The van der Waals surface area contributed by atoms with Crippen molar-refractivity contribution in [1.29, 1.82) is 0 Å². The van der Waals surface area contributed by atoms with E-state index in [1.165, 1.54) is 11.1 Å². The van der Waals surface area contributed by atoms with Gasteiger partial charge in [-0.15, -0.1) is 22.7 Å². The Morgan fingerprint density at radius 3 is 0.857 bits per heavy atom. The van der Waals surface area contributed by atoms with Crippen LogP contribution in [0.5, 0.6) is 69.0 Å². The molecule has 21 rings (SSSR count). The normalized spacial score (nSPS) is 13.2. The second-order valence-electron chi connectivity index (χ2n) is 25.9. The summed E-state index contributed by atoms with van der Waals surface area (Å²) < 4.78 is 49.1. The Balaban J connectivity index is 0.783. The predicted octanol–water partition coefficient (Wildman–Crippen LogP) is 17.3. The van der Waals surface area contributed by atoms with Crippen molar-refractivity contribution in [3.8, 4) is 69.0 Å². The van der Waals surface area contributed by atoms with Gasteiger partial charge < -0.3 is 43.1 Å². The average molecular weight is 1300 g/mol. The number of ether oxygens (including phenoxy) is 6. The number of hydrogen-bond acceptors (Lipinski definition) is 11. The van der Waals surface area contributed by atoms with Crippen LogP contribution in [0.25, 0.3) is 20.2 Å². The lowest BCUT2D eigenvalue weighted by molar-refractivity contribution is 0.449. The molecule has 0 aliphatic carbocycles. The molecule has 0 saturated carbocycles. The molecule has 6 aliphatic rings. The number of para-hydroxylation sites is 4. The molecule has 9 nitrogen and oxygen atoms in total. The molecule has 0 bridgehead atoms. The number of rotatable bonds is 9.